The van der Waals surface area contributed by atoms with Crippen LogP contribution < -0.4 is 10.2 Å². The van der Waals surface area contributed by atoms with E-state index in [1.807, 2.05) is 0 Å². The topological polar surface area (TPSA) is 59.7 Å². The van der Waals surface area contributed by atoms with E-state index in [-0.39, 0.29) is 11.0 Å². The molecular weight excluding hydrogens is 306 g/mol. The molecule has 1 fully saturated rings. The van der Waals surface area contributed by atoms with Crippen LogP contribution in [0.4, 0.5) is 19.0 Å². The predicted molar refractivity (Wildman–Crippen MR) is 67.7 cm³/mol. The number of pyridine rings is 1. The quantitative estimate of drug-likeness (QED) is 0.489. The average molecular weight is 318 g/mol. The molecule has 2 rings (SSSR count). The maximum Gasteiger partial charge on any atom is 0.419 e. The fourth-order valence-electron chi connectivity index (χ4n) is 1.73. The van der Waals surface area contributed by atoms with Gasteiger partial charge in [0.25, 0.3) is 0 Å². The summed E-state index contributed by atoms with van der Waals surface area (Å²) in [6.07, 6.45) is -4.49. The van der Waals surface area contributed by atoms with E-state index in [0.717, 1.165) is 6.07 Å². The highest BCUT2D eigenvalue weighted by Crippen LogP contribution is 2.35. The van der Waals surface area contributed by atoms with Gasteiger partial charge in [-0.15, -0.1) is 0 Å². The predicted octanol–water partition coefficient (Wildman–Crippen LogP) is 1.90. The third-order valence-corrected chi connectivity index (χ3v) is 3.29. The highest BCUT2D eigenvalue weighted by molar-refractivity contribution is 6.30. The highest BCUT2D eigenvalue weighted by atomic mass is 35.5. The Kier molecular flexibility index (Phi) is 5.26. The zero-order chi connectivity index (χ0) is 13.3. The van der Waals surface area contributed by atoms with Crippen molar-refractivity contribution in [3.8, 4) is 0 Å². The normalized spacial score (nSPS) is 20.1. The number of nitrogens with zero attached hydrogens (tertiary/aromatic N) is 2. The molecule has 1 saturated heterocycles. The zero-order valence-corrected chi connectivity index (χ0v) is 11.1. The number of nitrogens with one attached hydrogen (secondary N) is 1. The number of hydrogen-bond acceptors (Lipinski definition) is 3. The maximum absolute atomic E-state index is 12.5. The van der Waals surface area contributed by atoms with Crippen molar-refractivity contribution in [3.05, 3.63) is 22.8 Å². The lowest BCUT2D eigenvalue weighted by molar-refractivity contribution is -0.137. The largest absolute Gasteiger partial charge is 0.419 e. The molecular formula is C10H12Cl2F3N3O. The van der Waals surface area contributed by atoms with Gasteiger partial charge in [-0.2, -0.15) is 13.2 Å². The minimum Gasteiger partial charge on any atom is -0.412 e. The van der Waals surface area contributed by atoms with Crippen molar-refractivity contribution in [2.45, 2.75) is 11.7 Å². The van der Waals surface area contributed by atoms with Gasteiger partial charge in [-0.3, -0.25) is 0 Å². The Morgan fingerprint density at radius 1 is 1.37 bits per heavy atom. The molecule has 1 aromatic rings. The minimum atomic E-state index is -4.49. The first-order chi connectivity index (χ1) is 8.39. The molecule has 108 valence electrons. The van der Waals surface area contributed by atoms with Crippen LogP contribution in [0.25, 0.3) is 0 Å². The third-order valence-electron chi connectivity index (χ3n) is 2.61. The summed E-state index contributed by atoms with van der Waals surface area (Å²) in [6.45, 7) is 1.81. The standard InChI is InChI=1S/C10H10Cl2F3N3.H2O/c11-7-5-16-3-4-18(7)8-2-1-6(9(12)17-8)10(13,14)15;/h1-2,7,16H,3-5H2;1H2. The van der Waals surface area contributed by atoms with Crippen LogP contribution in [0.2, 0.25) is 5.15 Å². The fraction of sp³-hybridized carbons (Fsp3) is 0.500. The van der Waals surface area contributed by atoms with E-state index in [1.54, 1.807) is 4.90 Å². The molecule has 0 aliphatic carbocycles. The molecule has 0 saturated carbocycles. The van der Waals surface area contributed by atoms with Crippen molar-refractivity contribution in [1.29, 1.82) is 0 Å². The Bertz CT molecular complexity index is 445. The second-order valence-electron chi connectivity index (χ2n) is 3.84. The summed E-state index contributed by atoms with van der Waals surface area (Å²) < 4.78 is 37.6. The van der Waals surface area contributed by atoms with Crippen LogP contribution in [0.5, 0.6) is 0 Å². The van der Waals surface area contributed by atoms with Gasteiger partial charge in [-0.05, 0) is 12.1 Å². The van der Waals surface area contributed by atoms with E-state index in [9.17, 15) is 13.2 Å². The number of piperazine rings is 1. The van der Waals surface area contributed by atoms with Crippen LogP contribution in [0, 0.1) is 0 Å². The molecule has 0 bridgehead atoms. The lowest BCUT2D eigenvalue weighted by atomic mass is 10.2. The molecule has 0 radical (unpaired) electrons. The summed E-state index contributed by atoms with van der Waals surface area (Å²) in [5.74, 6) is 0.356. The molecule has 1 aromatic heterocycles. The van der Waals surface area contributed by atoms with Crippen LogP contribution in [-0.4, -0.2) is 35.6 Å². The van der Waals surface area contributed by atoms with E-state index in [2.05, 4.69) is 10.3 Å². The molecule has 1 aliphatic rings. The number of aromatic nitrogens is 1. The monoisotopic (exact) mass is 317 g/mol. The van der Waals surface area contributed by atoms with Crippen LogP contribution in [0.1, 0.15) is 5.56 Å². The van der Waals surface area contributed by atoms with Gasteiger partial charge >= 0.3 is 6.18 Å². The van der Waals surface area contributed by atoms with Gasteiger partial charge in [-0.25, -0.2) is 4.98 Å². The molecule has 0 aromatic carbocycles. The lowest BCUT2D eigenvalue weighted by Crippen LogP contribution is -2.49. The van der Waals surface area contributed by atoms with Gasteiger partial charge in [0.05, 0.1) is 5.56 Å². The number of rotatable bonds is 1. The number of hydrogen-bond donors (Lipinski definition) is 1. The second-order valence-corrected chi connectivity index (χ2v) is 4.70. The van der Waals surface area contributed by atoms with Crippen molar-refractivity contribution in [3.63, 3.8) is 0 Å². The molecule has 19 heavy (non-hydrogen) atoms. The maximum atomic E-state index is 12.5. The summed E-state index contributed by atoms with van der Waals surface area (Å²) in [5, 5.41) is 2.52. The van der Waals surface area contributed by atoms with Gasteiger partial charge in [0.15, 0.2) is 0 Å². The summed E-state index contributed by atoms with van der Waals surface area (Å²) in [4.78, 5) is 5.49. The summed E-state index contributed by atoms with van der Waals surface area (Å²) in [7, 11) is 0. The smallest absolute Gasteiger partial charge is 0.412 e. The van der Waals surface area contributed by atoms with E-state index in [0.29, 0.717) is 25.5 Å². The average Bonchev–Trinajstić information content (AvgIpc) is 2.27. The van der Waals surface area contributed by atoms with E-state index in [4.69, 9.17) is 23.2 Å². The summed E-state index contributed by atoms with van der Waals surface area (Å²) in [6, 6.07) is 2.21. The number of halogens is 5. The Morgan fingerprint density at radius 2 is 2.05 bits per heavy atom. The molecule has 1 aliphatic heterocycles. The van der Waals surface area contributed by atoms with Crippen LogP contribution in [0.3, 0.4) is 0 Å². The molecule has 0 amide bonds. The number of anilines is 1. The van der Waals surface area contributed by atoms with Crippen LogP contribution in [0.15, 0.2) is 12.1 Å². The van der Waals surface area contributed by atoms with E-state index < -0.39 is 16.9 Å². The first-order valence-corrected chi connectivity index (χ1v) is 6.06. The molecule has 0 spiro atoms. The number of alkyl halides is 4. The minimum absolute atomic E-state index is 0. The SMILES string of the molecule is FC(F)(F)c1ccc(N2CCNCC2Cl)nc1Cl.O. The highest BCUT2D eigenvalue weighted by Gasteiger charge is 2.34. The van der Waals surface area contributed by atoms with Gasteiger partial charge in [0.1, 0.15) is 16.5 Å². The van der Waals surface area contributed by atoms with E-state index >= 15 is 0 Å². The van der Waals surface area contributed by atoms with Crippen molar-refractivity contribution in [2.75, 3.05) is 24.5 Å². The Hall–Kier alpha value is -0.760. The van der Waals surface area contributed by atoms with Crippen molar-refractivity contribution >= 4 is 29.0 Å². The lowest BCUT2D eigenvalue weighted by Gasteiger charge is -2.33. The first kappa shape index (κ1) is 16.3. The van der Waals surface area contributed by atoms with Crippen LogP contribution >= 0.6 is 23.2 Å². The zero-order valence-electron chi connectivity index (χ0n) is 9.64. The van der Waals surface area contributed by atoms with Crippen molar-refractivity contribution < 1.29 is 18.6 Å². The summed E-state index contributed by atoms with van der Waals surface area (Å²) in [5.41, 5.74) is -1.28. The molecule has 9 heteroatoms. The van der Waals surface area contributed by atoms with Gasteiger partial charge in [0, 0.05) is 19.6 Å². The first-order valence-electron chi connectivity index (χ1n) is 5.25. The van der Waals surface area contributed by atoms with Crippen LogP contribution in [-0.2, 0) is 6.18 Å². The molecule has 1 unspecified atom stereocenters. The van der Waals surface area contributed by atoms with Gasteiger partial charge in [-0.1, -0.05) is 23.2 Å². The van der Waals surface area contributed by atoms with Gasteiger partial charge in [0.2, 0.25) is 0 Å². The molecule has 3 N–H and O–H groups in total. The third kappa shape index (κ3) is 3.62. The van der Waals surface area contributed by atoms with E-state index in [1.165, 1.54) is 6.07 Å². The summed E-state index contributed by atoms with van der Waals surface area (Å²) >= 11 is 11.6. The molecule has 4 nitrogen and oxygen atoms in total. The fourth-order valence-corrected chi connectivity index (χ4v) is 2.29. The van der Waals surface area contributed by atoms with Crippen molar-refractivity contribution in [2.24, 2.45) is 0 Å². The Morgan fingerprint density at radius 3 is 2.58 bits per heavy atom. The Labute approximate surface area is 117 Å². The Balaban J connectivity index is 0.00000180. The molecule has 2 heterocycles. The molecule has 1 atom stereocenters. The van der Waals surface area contributed by atoms with Crippen molar-refractivity contribution in [1.82, 2.24) is 10.3 Å². The second kappa shape index (κ2) is 6.13. The van der Waals surface area contributed by atoms with Gasteiger partial charge < -0.3 is 15.7 Å².